The molecule has 0 rings (SSSR count). The van der Waals surface area contributed by atoms with Gasteiger partial charge in [0.2, 0.25) is 0 Å². The lowest BCUT2D eigenvalue weighted by atomic mass is 9.99. The lowest BCUT2D eigenvalue weighted by molar-refractivity contribution is 0.322. The quantitative estimate of drug-likeness (QED) is 0.0595. The molecule has 0 amide bonds. The summed E-state index contributed by atoms with van der Waals surface area (Å²) in [4.78, 5) is 0. The van der Waals surface area contributed by atoms with Crippen molar-refractivity contribution in [2.45, 2.75) is 0 Å². The number of ether oxygens (including phenoxy) is 4. The first kappa shape index (κ1) is 31.5. The van der Waals surface area contributed by atoms with E-state index in [1.54, 1.807) is 47.0 Å². The second-order valence-electron chi connectivity index (χ2n) is 6.56. The predicted molar refractivity (Wildman–Crippen MR) is 143 cm³/mol. The Morgan fingerprint density at radius 2 is 0.697 bits per heavy atom. The summed E-state index contributed by atoms with van der Waals surface area (Å²) in [6.07, 6.45) is 0. The minimum absolute atomic E-state index is 0.0520. The average molecular weight is 545 g/mol. The van der Waals surface area contributed by atoms with Gasteiger partial charge in [-0.05, 0) is 0 Å². The molecule has 12 nitrogen and oxygen atoms in total. The SMILES string of the molecule is N=C(N)OCCSCC(CSCCOC(=N)N)(CSCCOC(=N)N)CSCCOC(=N)N. The molecule has 33 heavy (non-hydrogen) atoms. The Kier molecular flexibility index (Phi) is 19.0. The zero-order chi connectivity index (χ0) is 25.0. The molecule has 0 aliphatic carbocycles. The Bertz CT molecular complexity index is 502. The third kappa shape index (κ3) is 20.8. The van der Waals surface area contributed by atoms with Gasteiger partial charge in [0.1, 0.15) is 26.4 Å². The average Bonchev–Trinajstić information content (AvgIpc) is 2.71. The van der Waals surface area contributed by atoms with Gasteiger partial charge in [-0.1, -0.05) is 0 Å². The van der Waals surface area contributed by atoms with E-state index in [2.05, 4.69) is 0 Å². The molecular weight excluding hydrogens is 509 g/mol. The second kappa shape index (κ2) is 19.9. The zero-order valence-electron chi connectivity index (χ0n) is 18.6. The van der Waals surface area contributed by atoms with Crippen LogP contribution in [0.2, 0.25) is 0 Å². The highest BCUT2D eigenvalue weighted by Crippen LogP contribution is 2.35. The molecule has 192 valence electrons. The van der Waals surface area contributed by atoms with E-state index in [-0.39, 0.29) is 29.5 Å². The fourth-order valence-electron chi connectivity index (χ4n) is 2.25. The molecule has 0 heterocycles. The van der Waals surface area contributed by atoms with E-state index in [1.807, 2.05) is 0 Å². The maximum absolute atomic E-state index is 7.16. The van der Waals surface area contributed by atoms with Crippen LogP contribution in [-0.2, 0) is 18.9 Å². The molecule has 16 heteroatoms. The number of nitrogens with two attached hydrogens (primary N) is 4. The van der Waals surface area contributed by atoms with Gasteiger partial charge in [0.25, 0.3) is 24.1 Å². The first-order chi connectivity index (χ1) is 15.7. The van der Waals surface area contributed by atoms with E-state index in [4.69, 9.17) is 63.5 Å². The third-order valence-corrected chi connectivity index (χ3v) is 8.66. The Labute approximate surface area is 212 Å². The van der Waals surface area contributed by atoms with Crippen LogP contribution in [0.15, 0.2) is 0 Å². The fourth-order valence-corrected chi connectivity index (χ4v) is 7.36. The third-order valence-electron chi connectivity index (χ3n) is 3.57. The summed E-state index contributed by atoms with van der Waals surface area (Å²) in [7, 11) is 0. The van der Waals surface area contributed by atoms with Crippen LogP contribution in [0, 0.1) is 27.1 Å². The molecule has 0 saturated heterocycles. The second-order valence-corrected chi connectivity index (χ2v) is 11.0. The van der Waals surface area contributed by atoms with Crippen molar-refractivity contribution in [1.29, 1.82) is 21.6 Å². The summed E-state index contributed by atoms with van der Waals surface area (Å²) in [6.45, 7) is 1.48. The molecule has 0 aromatic rings. The molecule has 0 saturated carbocycles. The summed E-state index contributed by atoms with van der Waals surface area (Å²) in [6, 6.07) is -1.15. The van der Waals surface area contributed by atoms with Crippen LogP contribution in [0.1, 0.15) is 0 Å². The van der Waals surface area contributed by atoms with Crippen LogP contribution >= 0.6 is 47.0 Å². The summed E-state index contributed by atoms with van der Waals surface area (Å²) < 4.78 is 20.2. The Morgan fingerprint density at radius 3 is 0.879 bits per heavy atom. The number of rotatable bonds is 20. The summed E-state index contributed by atoms with van der Waals surface area (Å²) in [5.41, 5.74) is 20.9. The monoisotopic (exact) mass is 544 g/mol. The molecule has 0 spiro atoms. The van der Waals surface area contributed by atoms with Gasteiger partial charge in [-0.2, -0.15) is 47.0 Å². The van der Waals surface area contributed by atoms with Gasteiger partial charge < -0.3 is 41.9 Å². The number of amidine groups is 4. The zero-order valence-corrected chi connectivity index (χ0v) is 21.8. The van der Waals surface area contributed by atoms with E-state index in [1.165, 1.54) is 0 Å². The van der Waals surface area contributed by atoms with Crippen molar-refractivity contribution in [3.8, 4) is 0 Å². The lowest BCUT2D eigenvalue weighted by Crippen LogP contribution is -2.34. The van der Waals surface area contributed by atoms with Gasteiger partial charge in [0.05, 0.1) is 0 Å². The van der Waals surface area contributed by atoms with Crippen LogP contribution in [0.4, 0.5) is 0 Å². The molecule has 12 N–H and O–H groups in total. The topological polar surface area (TPSA) is 236 Å². The largest absolute Gasteiger partial charge is 0.465 e. The highest BCUT2D eigenvalue weighted by Gasteiger charge is 2.30. The molecule has 0 aromatic heterocycles. The lowest BCUT2D eigenvalue weighted by Gasteiger charge is -2.33. The van der Waals surface area contributed by atoms with Crippen molar-refractivity contribution in [2.75, 3.05) is 72.5 Å². The standard InChI is InChI=1S/C17H36N8O4S4/c18-13(19)26-1-5-30-9-17(10-31-6-2-27-14(20)21,11-32-7-3-28-15(22)23)12-33-8-4-29-16(24)25/h1-12H2,(H3,18,19)(H3,20,21)(H3,22,23)(H3,24,25). The Morgan fingerprint density at radius 1 is 0.485 bits per heavy atom. The summed E-state index contributed by atoms with van der Waals surface area (Å²) in [5, 5.41) is 28.7. The first-order valence-electron chi connectivity index (χ1n) is 9.85. The molecule has 0 aliphatic rings. The van der Waals surface area contributed by atoms with Crippen molar-refractivity contribution < 1.29 is 18.9 Å². The molecule has 0 aliphatic heterocycles. The van der Waals surface area contributed by atoms with E-state index >= 15 is 0 Å². The van der Waals surface area contributed by atoms with Gasteiger partial charge in [-0.3, -0.25) is 21.6 Å². The van der Waals surface area contributed by atoms with Gasteiger partial charge in [0.15, 0.2) is 0 Å². The van der Waals surface area contributed by atoms with E-state index in [9.17, 15) is 0 Å². The van der Waals surface area contributed by atoms with Crippen molar-refractivity contribution >= 4 is 71.1 Å². The van der Waals surface area contributed by atoms with Crippen molar-refractivity contribution in [3.63, 3.8) is 0 Å². The Balaban J connectivity index is 4.94. The van der Waals surface area contributed by atoms with Gasteiger partial charge in [-0.15, -0.1) is 0 Å². The molecule has 0 bridgehead atoms. The van der Waals surface area contributed by atoms with Crippen LogP contribution in [0.3, 0.4) is 0 Å². The number of nitrogens with one attached hydrogen (secondary N) is 4. The van der Waals surface area contributed by atoms with Crippen molar-refractivity contribution in [3.05, 3.63) is 0 Å². The van der Waals surface area contributed by atoms with Gasteiger partial charge in [0, 0.05) is 51.4 Å². The molecule has 0 unspecified atom stereocenters. The van der Waals surface area contributed by atoms with E-state index in [0.717, 1.165) is 23.0 Å². The molecule has 0 aromatic carbocycles. The number of thioether (sulfide) groups is 4. The molecule has 0 fully saturated rings. The normalized spacial score (nSPS) is 12.4. The molecule has 0 atom stereocenters. The van der Waals surface area contributed by atoms with E-state index in [0.29, 0.717) is 49.4 Å². The van der Waals surface area contributed by atoms with Gasteiger partial charge >= 0.3 is 0 Å². The summed E-state index contributed by atoms with van der Waals surface area (Å²) >= 11 is 6.94. The maximum Gasteiger partial charge on any atom is 0.279 e. The molecular formula is C17H36N8O4S4. The maximum atomic E-state index is 7.16. The van der Waals surface area contributed by atoms with Crippen LogP contribution in [0.25, 0.3) is 0 Å². The first-order valence-corrected chi connectivity index (χ1v) is 14.5. The highest BCUT2D eigenvalue weighted by atomic mass is 32.2. The minimum atomic E-state index is -0.287. The number of hydrogen-bond acceptors (Lipinski definition) is 12. The Hall–Kier alpha value is -1.52. The highest BCUT2D eigenvalue weighted by molar-refractivity contribution is 8.02. The summed E-state index contributed by atoms with van der Waals surface area (Å²) in [5.74, 6) is 6.24. The van der Waals surface area contributed by atoms with Crippen molar-refractivity contribution in [1.82, 2.24) is 0 Å². The van der Waals surface area contributed by atoms with E-state index < -0.39 is 0 Å². The van der Waals surface area contributed by atoms with Crippen LogP contribution < -0.4 is 22.9 Å². The smallest absolute Gasteiger partial charge is 0.279 e. The fraction of sp³-hybridized carbons (Fsp3) is 0.765. The van der Waals surface area contributed by atoms with Crippen molar-refractivity contribution in [2.24, 2.45) is 28.3 Å². The van der Waals surface area contributed by atoms with Gasteiger partial charge in [-0.25, -0.2) is 0 Å². The molecule has 0 radical (unpaired) electrons. The number of hydrogen-bond donors (Lipinski definition) is 8. The predicted octanol–water partition coefficient (Wildman–Crippen LogP) is 0.546. The minimum Gasteiger partial charge on any atom is -0.465 e. The van der Waals surface area contributed by atoms with Crippen LogP contribution in [0.5, 0.6) is 0 Å². The van der Waals surface area contributed by atoms with Crippen LogP contribution in [-0.4, -0.2) is 96.5 Å².